The maximum atomic E-state index is 13.0. The molecule has 8 N–H and O–H groups in total. The number of allylic oxidation sites excluding steroid dienone is 20. The molecule has 1 aliphatic rings. The summed E-state index contributed by atoms with van der Waals surface area (Å²) >= 11 is 0. The van der Waals surface area contributed by atoms with Crippen molar-refractivity contribution >= 4 is 27.6 Å². The molecule has 0 heterocycles. The minimum absolute atomic E-state index is 0.0486. The highest BCUT2D eigenvalue weighted by molar-refractivity contribution is 7.47. The molecule has 0 aliphatic heterocycles. The van der Waals surface area contributed by atoms with Crippen LogP contribution < -0.4 is 0 Å². The van der Waals surface area contributed by atoms with E-state index in [1.165, 1.54) is 19.3 Å². The fourth-order valence-corrected chi connectivity index (χ4v) is 8.01. The molecule has 17 nitrogen and oxygen atoms in total. The molecule has 0 aromatic heterocycles. The summed E-state index contributed by atoms with van der Waals surface area (Å²) in [6, 6.07) is 0. The lowest BCUT2D eigenvalue weighted by Gasteiger charge is -2.43. The molecule has 9 atom stereocenters. The lowest BCUT2D eigenvalue weighted by atomic mass is 9.85. The number of unbranched alkanes of at least 4 members (excludes halogenated alkanes) is 3. The summed E-state index contributed by atoms with van der Waals surface area (Å²) < 4.78 is 49.2. The van der Waals surface area contributed by atoms with E-state index in [0.29, 0.717) is 12.8 Å². The van der Waals surface area contributed by atoms with Crippen LogP contribution in [0.4, 0.5) is 0 Å². The third-order valence-electron chi connectivity index (χ3n) is 10.3. The zero-order valence-corrected chi connectivity index (χ0v) is 43.7. The molecule has 0 spiro atoms. The molecule has 19 heteroatoms. The summed E-state index contributed by atoms with van der Waals surface area (Å²) in [7, 11) is -10.8. The van der Waals surface area contributed by atoms with E-state index in [0.717, 1.165) is 51.4 Å². The Kier molecular flexibility index (Phi) is 38.1. The minimum atomic E-state index is -5.40. The van der Waals surface area contributed by atoms with Gasteiger partial charge in [-0.2, -0.15) is 0 Å². The largest absolute Gasteiger partial charge is 0.472 e. The highest BCUT2D eigenvalue weighted by atomic mass is 31.2. The molecule has 1 aliphatic carbocycles. The first-order valence-electron chi connectivity index (χ1n) is 24.8. The van der Waals surface area contributed by atoms with E-state index in [4.69, 9.17) is 18.5 Å². The van der Waals surface area contributed by atoms with Crippen LogP contribution in [0.3, 0.4) is 0 Å². The lowest BCUT2D eigenvalue weighted by molar-refractivity contribution is -0.216. The number of aliphatic hydroxyl groups is 5. The second-order valence-corrected chi connectivity index (χ2v) is 19.2. The predicted octanol–water partition coefficient (Wildman–Crippen LogP) is 9.03. The molecule has 1 saturated carbocycles. The van der Waals surface area contributed by atoms with Gasteiger partial charge in [-0.25, -0.2) is 9.13 Å². The van der Waals surface area contributed by atoms with Gasteiger partial charge in [-0.05, 0) is 83.5 Å². The number of aliphatic hydroxyl groups excluding tert-OH is 5. The first kappa shape index (κ1) is 66.1. The average molecular weight is 1050 g/mol. The SMILES string of the molecule is CC/C=C\C/C=C\C/C=C\C/C=C\C=C/C(O)C/C=C\CCC(=O)O[C@H](COC(=O)CC/C=C\C/C=C\C/C=C\C/C=C\C/C=C\CCCCC)COP(=O)(O)O[C@H]1C(O)C(O)C(O)[C@@H](OP(=O)(O)O)C1O. The van der Waals surface area contributed by atoms with Gasteiger partial charge in [-0.15, -0.1) is 0 Å². The number of esters is 2. The van der Waals surface area contributed by atoms with E-state index >= 15 is 0 Å². The van der Waals surface area contributed by atoms with Gasteiger partial charge in [0.05, 0.1) is 12.7 Å². The smallest absolute Gasteiger partial charge is 0.462 e. The molecule has 406 valence electrons. The van der Waals surface area contributed by atoms with Crippen molar-refractivity contribution < 1.29 is 82.0 Å². The lowest BCUT2D eigenvalue weighted by Crippen LogP contribution is -2.64. The van der Waals surface area contributed by atoms with E-state index in [1.54, 1.807) is 30.4 Å². The molecule has 0 saturated heterocycles. The monoisotopic (exact) mass is 1050 g/mol. The third kappa shape index (κ3) is 35.3. The molecule has 0 aromatic carbocycles. The number of rotatable bonds is 39. The van der Waals surface area contributed by atoms with E-state index in [9.17, 15) is 58.9 Å². The Morgan fingerprint density at radius 1 is 0.528 bits per heavy atom. The van der Waals surface area contributed by atoms with Crippen LogP contribution in [0.15, 0.2) is 134 Å². The van der Waals surface area contributed by atoms with Gasteiger partial charge in [0.1, 0.15) is 43.2 Å². The van der Waals surface area contributed by atoms with Crippen LogP contribution in [0, 0.1) is 0 Å². The van der Waals surface area contributed by atoms with Gasteiger partial charge in [0.25, 0.3) is 0 Å². The number of phosphoric ester groups is 2. The van der Waals surface area contributed by atoms with Crippen molar-refractivity contribution in [3.05, 3.63) is 134 Å². The highest BCUT2D eigenvalue weighted by Gasteiger charge is 2.54. The van der Waals surface area contributed by atoms with Gasteiger partial charge in [-0.1, -0.05) is 160 Å². The molecule has 72 heavy (non-hydrogen) atoms. The maximum absolute atomic E-state index is 13.0. The van der Waals surface area contributed by atoms with Crippen LogP contribution in [0.5, 0.6) is 0 Å². The van der Waals surface area contributed by atoms with E-state index < -0.39 is 89.6 Å². The first-order valence-corrected chi connectivity index (χ1v) is 27.9. The van der Waals surface area contributed by atoms with Crippen LogP contribution in [-0.4, -0.2) is 114 Å². The van der Waals surface area contributed by atoms with Crippen molar-refractivity contribution in [3.63, 3.8) is 0 Å². The van der Waals surface area contributed by atoms with Gasteiger partial charge in [-0.3, -0.25) is 23.2 Å². The van der Waals surface area contributed by atoms with E-state index in [2.05, 4.69) is 91.3 Å². The fourth-order valence-electron chi connectivity index (χ4n) is 6.47. The van der Waals surface area contributed by atoms with E-state index in [1.807, 2.05) is 30.4 Å². The summed E-state index contributed by atoms with van der Waals surface area (Å²) in [5, 5.41) is 51.6. The number of hydrogen-bond donors (Lipinski definition) is 8. The molecular formula is C53H82O17P2. The van der Waals surface area contributed by atoms with Crippen LogP contribution in [0.1, 0.15) is 123 Å². The normalized spacial score (nSPS) is 22.3. The van der Waals surface area contributed by atoms with Crippen LogP contribution in [0.2, 0.25) is 0 Å². The number of ether oxygens (including phenoxy) is 2. The summed E-state index contributed by atoms with van der Waals surface area (Å²) in [4.78, 5) is 54.3. The summed E-state index contributed by atoms with van der Waals surface area (Å²) in [6.45, 7) is 2.75. The Morgan fingerprint density at radius 3 is 1.53 bits per heavy atom. The highest BCUT2D eigenvalue weighted by Crippen LogP contribution is 2.49. The van der Waals surface area contributed by atoms with Crippen molar-refractivity contribution in [1.29, 1.82) is 0 Å². The standard InChI is InChI=1S/C53H82O17P2/c1-3-5-7-9-11-13-15-17-18-19-20-21-22-24-26-28-30-32-36-40-46(55)66-42-45(43-67-72(64,65)70-53-50(59)48(57)49(58)52(51(53)60)69-71(61,62)63)68-47(56)41-37-33-35-39-44(54)38-34-31-29-27-25-23-16-14-12-10-8-6-4-2/h6,8,11-14,17-18,20-21,23-26,29-35,38,44-45,48-54,57-60H,3-5,7,9-10,15-16,19,22,27-28,36-37,39-43H2,1-2H3,(H,64,65)(H2,61,62,63)/b8-6-,13-11-,14-12-,18-17-,21-20-,25-23-,26-24-,31-29-,32-30-,35-33-,38-34-/t44?,45-,48?,49?,50?,51?,52-,53+/m1/s1. The van der Waals surface area contributed by atoms with E-state index in [-0.39, 0.29) is 25.7 Å². The Balaban J connectivity index is 2.73. The van der Waals surface area contributed by atoms with Gasteiger partial charge >= 0.3 is 27.6 Å². The van der Waals surface area contributed by atoms with Gasteiger partial charge in [0.2, 0.25) is 0 Å². The summed E-state index contributed by atoms with van der Waals surface area (Å²) in [5.74, 6) is -1.50. The Morgan fingerprint density at radius 2 is 1.00 bits per heavy atom. The number of carbonyl (C=O) groups is 2. The zero-order chi connectivity index (χ0) is 53.3. The van der Waals surface area contributed by atoms with Gasteiger partial charge in [0.15, 0.2) is 6.10 Å². The molecule has 1 rings (SSSR count). The summed E-state index contributed by atoms with van der Waals surface area (Å²) in [6.07, 6.45) is 40.1. The first-order chi connectivity index (χ1) is 34.5. The Labute approximate surface area is 426 Å². The molecule has 0 bridgehead atoms. The second-order valence-electron chi connectivity index (χ2n) is 16.6. The fraction of sp³-hybridized carbons (Fsp3) is 0.547. The van der Waals surface area contributed by atoms with Gasteiger partial charge in [0, 0.05) is 12.8 Å². The number of hydrogen-bond acceptors (Lipinski definition) is 14. The zero-order valence-electron chi connectivity index (χ0n) is 41.9. The Bertz CT molecular complexity index is 1910. The van der Waals surface area contributed by atoms with Crippen LogP contribution >= 0.6 is 15.6 Å². The van der Waals surface area contributed by atoms with Crippen molar-refractivity contribution in [3.8, 4) is 0 Å². The molecule has 0 aromatic rings. The van der Waals surface area contributed by atoms with Crippen LogP contribution in [0.25, 0.3) is 0 Å². The molecular weight excluding hydrogens is 971 g/mol. The number of carbonyl (C=O) groups excluding carboxylic acids is 2. The van der Waals surface area contributed by atoms with Crippen molar-refractivity contribution in [2.45, 2.75) is 172 Å². The predicted molar refractivity (Wildman–Crippen MR) is 279 cm³/mol. The topological polar surface area (TPSA) is 276 Å². The van der Waals surface area contributed by atoms with Crippen molar-refractivity contribution in [1.82, 2.24) is 0 Å². The number of phosphoric acid groups is 2. The Hall–Kier alpha value is -3.90. The molecule has 6 unspecified atom stereocenters. The maximum Gasteiger partial charge on any atom is 0.472 e. The van der Waals surface area contributed by atoms with Gasteiger partial charge < -0.3 is 49.7 Å². The molecule has 1 fully saturated rings. The summed E-state index contributed by atoms with van der Waals surface area (Å²) in [5.41, 5.74) is 0. The average Bonchev–Trinajstić information content (AvgIpc) is 3.33. The quantitative estimate of drug-likeness (QED) is 0.00937. The third-order valence-corrected chi connectivity index (χ3v) is 11.8. The van der Waals surface area contributed by atoms with Crippen LogP contribution in [-0.2, 0) is 41.8 Å². The minimum Gasteiger partial charge on any atom is -0.462 e. The van der Waals surface area contributed by atoms with Crippen molar-refractivity contribution in [2.24, 2.45) is 0 Å². The molecule has 0 amide bonds. The second kappa shape index (κ2) is 41.5. The molecule has 0 radical (unpaired) electrons. The van der Waals surface area contributed by atoms with Crippen molar-refractivity contribution in [2.75, 3.05) is 13.2 Å².